The Labute approximate surface area is 160 Å². The Kier molecular flexibility index (Phi) is 5.63. The van der Waals surface area contributed by atoms with Gasteiger partial charge in [-0.25, -0.2) is 0 Å². The molecule has 0 spiro atoms. The van der Waals surface area contributed by atoms with Crippen LogP contribution in [0.4, 0.5) is 0 Å². The fourth-order valence-corrected chi connectivity index (χ4v) is 5.45. The number of amides is 2. The van der Waals surface area contributed by atoms with Crippen molar-refractivity contribution in [2.75, 3.05) is 13.1 Å². The number of nitrogens with one attached hydrogen (secondary N) is 1. The van der Waals surface area contributed by atoms with Crippen LogP contribution in [-0.2, 0) is 9.59 Å². The summed E-state index contributed by atoms with van der Waals surface area (Å²) in [5.41, 5.74) is 0. The lowest BCUT2D eigenvalue weighted by molar-refractivity contribution is -0.137. The monoisotopic (exact) mass is 374 g/mol. The number of hydrogen-bond donors (Lipinski definition) is 1. The zero-order chi connectivity index (χ0) is 17.9. The molecule has 2 amide bonds. The molecule has 142 valence electrons. The number of nitrogens with zero attached hydrogens (tertiary/aromatic N) is 1. The first-order chi connectivity index (χ1) is 12.7. The van der Waals surface area contributed by atoms with Gasteiger partial charge in [-0.15, -0.1) is 11.3 Å². The molecule has 4 nitrogen and oxygen atoms in total. The van der Waals surface area contributed by atoms with Crippen LogP contribution >= 0.6 is 11.3 Å². The van der Waals surface area contributed by atoms with E-state index in [2.05, 4.69) is 22.8 Å². The van der Waals surface area contributed by atoms with Crippen LogP contribution in [0.15, 0.2) is 17.5 Å². The molecule has 0 unspecified atom stereocenters. The molecular weight excluding hydrogens is 344 g/mol. The maximum atomic E-state index is 13.0. The van der Waals surface area contributed by atoms with Gasteiger partial charge in [0.2, 0.25) is 11.8 Å². The summed E-state index contributed by atoms with van der Waals surface area (Å²) in [4.78, 5) is 28.4. The number of thiophene rings is 1. The first-order valence-electron chi connectivity index (χ1n) is 10.3. The Hall–Kier alpha value is -1.36. The Balaban J connectivity index is 1.35. The number of hydrogen-bond acceptors (Lipinski definition) is 3. The molecule has 1 N–H and O–H groups in total. The highest BCUT2D eigenvalue weighted by Gasteiger charge is 2.36. The van der Waals surface area contributed by atoms with Crippen molar-refractivity contribution in [1.29, 1.82) is 0 Å². The third-order valence-corrected chi connectivity index (χ3v) is 7.33. The average molecular weight is 375 g/mol. The van der Waals surface area contributed by atoms with E-state index in [1.165, 1.54) is 37.0 Å². The van der Waals surface area contributed by atoms with Crippen molar-refractivity contribution in [3.8, 4) is 0 Å². The van der Waals surface area contributed by atoms with Crippen LogP contribution in [0.3, 0.4) is 0 Å². The highest BCUT2D eigenvalue weighted by molar-refractivity contribution is 7.10. The smallest absolute Gasteiger partial charge is 0.225 e. The van der Waals surface area contributed by atoms with Gasteiger partial charge < -0.3 is 10.2 Å². The zero-order valence-electron chi connectivity index (χ0n) is 15.5. The predicted octanol–water partition coefficient (Wildman–Crippen LogP) is 4.13. The molecular formula is C21H30N2O2S. The molecule has 1 saturated heterocycles. The second-order valence-corrected chi connectivity index (χ2v) is 9.25. The Morgan fingerprint density at radius 2 is 1.73 bits per heavy atom. The number of likely N-dealkylation sites (tertiary alicyclic amines) is 1. The van der Waals surface area contributed by atoms with Gasteiger partial charge in [-0.1, -0.05) is 25.3 Å². The van der Waals surface area contributed by atoms with E-state index < -0.39 is 0 Å². The molecule has 0 radical (unpaired) electrons. The van der Waals surface area contributed by atoms with Crippen LogP contribution in [0, 0.1) is 17.8 Å². The van der Waals surface area contributed by atoms with Crippen molar-refractivity contribution in [3.63, 3.8) is 0 Å². The van der Waals surface area contributed by atoms with Crippen LogP contribution in [0.1, 0.15) is 68.7 Å². The number of piperidine rings is 1. The summed E-state index contributed by atoms with van der Waals surface area (Å²) in [5, 5.41) is 5.52. The van der Waals surface area contributed by atoms with E-state index in [1.807, 2.05) is 4.90 Å². The van der Waals surface area contributed by atoms with E-state index >= 15 is 0 Å². The third-order valence-electron chi connectivity index (χ3n) is 6.37. The molecule has 0 bridgehead atoms. The normalized spacial score (nSPS) is 23.6. The van der Waals surface area contributed by atoms with Crippen molar-refractivity contribution < 1.29 is 9.59 Å². The third kappa shape index (κ3) is 4.13. The summed E-state index contributed by atoms with van der Waals surface area (Å²) in [6, 6.07) is 4.43. The SMILES string of the molecule is O=C(N[C@@H](c1cccs1)C1CCCCC1)C1CCN(C(=O)C2CC2)CC1. The minimum absolute atomic E-state index is 0.0595. The zero-order valence-corrected chi connectivity index (χ0v) is 16.3. The summed E-state index contributed by atoms with van der Waals surface area (Å²) < 4.78 is 0. The molecule has 2 heterocycles. The molecule has 2 saturated carbocycles. The lowest BCUT2D eigenvalue weighted by atomic mass is 9.83. The standard InChI is InChI=1S/C21H30N2O2S/c24-20(16-10-12-23(13-11-16)21(25)17-8-9-17)22-19(18-7-4-14-26-18)15-5-2-1-3-6-15/h4,7,14-17,19H,1-3,5-6,8-13H2,(H,22,24)/t19-/m1/s1. The maximum absolute atomic E-state index is 13.0. The minimum atomic E-state index is 0.0595. The summed E-state index contributed by atoms with van der Waals surface area (Å²) in [6.07, 6.45) is 10.1. The first-order valence-corrected chi connectivity index (χ1v) is 11.2. The molecule has 1 aromatic heterocycles. The van der Waals surface area contributed by atoms with Gasteiger partial charge in [-0.05, 0) is 55.9 Å². The molecule has 5 heteroatoms. The molecule has 26 heavy (non-hydrogen) atoms. The number of rotatable bonds is 5. The van der Waals surface area contributed by atoms with E-state index in [0.717, 1.165) is 38.8 Å². The van der Waals surface area contributed by atoms with Crippen LogP contribution in [0.2, 0.25) is 0 Å². The van der Waals surface area contributed by atoms with Gasteiger partial charge in [0.1, 0.15) is 0 Å². The van der Waals surface area contributed by atoms with E-state index in [0.29, 0.717) is 11.8 Å². The highest BCUT2D eigenvalue weighted by atomic mass is 32.1. The molecule has 4 rings (SSSR count). The largest absolute Gasteiger partial charge is 0.348 e. The van der Waals surface area contributed by atoms with Gasteiger partial charge in [-0.3, -0.25) is 9.59 Å². The molecule has 1 atom stereocenters. The molecule has 0 aromatic carbocycles. The maximum Gasteiger partial charge on any atom is 0.225 e. The Morgan fingerprint density at radius 1 is 1.00 bits per heavy atom. The lowest BCUT2D eigenvalue weighted by Crippen LogP contribution is -2.45. The van der Waals surface area contributed by atoms with Crippen molar-refractivity contribution in [1.82, 2.24) is 10.2 Å². The van der Waals surface area contributed by atoms with Crippen molar-refractivity contribution in [3.05, 3.63) is 22.4 Å². The van der Waals surface area contributed by atoms with E-state index in [-0.39, 0.29) is 23.8 Å². The van der Waals surface area contributed by atoms with Gasteiger partial charge in [-0.2, -0.15) is 0 Å². The topological polar surface area (TPSA) is 49.4 Å². The van der Waals surface area contributed by atoms with E-state index in [1.54, 1.807) is 11.3 Å². The van der Waals surface area contributed by atoms with Crippen molar-refractivity contribution in [2.24, 2.45) is 17.8 Å². The molecule has 2 aliphatic carbocycles. The number of carbonyl (C=O) groups is 2. The van der Waals surface area contributed by atoms with Gasteiger partial charge in [0, 0.05) is 29.8 Å². The van der Waals surface area contributed by atoms with Gasteiger partial charge in [0.15, 0.2) is 0 Å². The Morgan fingerprint density at radius 3 is 2.35 bits per heavy atom. The lowest BCUT2D eigenvalue weighted by Gasteiger charge is -2.34. The summed E-state index contributed by atoms with van der Waals surface area (Å²) in [7, 11) is 0. The number of carbonyl (C=O) groups excluding carboxylic acids is 2. The van der Waals surface area contributed by atoms with Crippen molar-refractivity contribution >= 4 is 23.2 Å². The molecule has 3 aliphatic rings. The molecule has 3 fully saturated rings. The highest BCUT2D eigenvalue weighted by Crippen LogP contribution is 2.37. The van der Waals surface area contributed by atoms with E-state index in [4.69, 9.17) is 0 Å². The van der Waals surface area contributed by atoms with Crippen LogP contribution < -0.4 is 5.32 Å². The molecule has 1 aromatic rings. The van der Waals surface area contributed by atoms with Crippen LogP contribution in [0.25, 0.3) is 0 Å². The van der Waals surface area contributed by atoms with Gasteiger partial charge >= 0.3 is 0 Å². The second kappa shape index (κ2) is 8.12. The van der Waals surface area contributed by atoms with Gasteiger partial charge in [0.25, 0.3) is 0 Å². The summed E-state index contributed by atoms with van der Waals surface area (Å²) in [5.74, 6) is 1.44. The fourth-order valence-electron chi connectivity index (χ4n) is 4.58. The molecule has 1 aliphatic heterocycles. The fraction of sp³-hybridized carbons (Fsp3) is 0.714. The quantitative estimate of drug-likeness (QED) is 0.842. The van der Waals surface area contributed by atoms with Gasteiger partial charge in [0.05, 0.1) is 6.04 Å². The van der Waals surface area contributed by atoms with Crippen LogP contribution in [0.5, 0.6) is 0 Å². The minimum Gasteiger partial charge on any atom is -0.348 e. The average Bonchev–Trinajstić information content (AvgIpc) is 3.41. The predicted molar refractivity (Wildman–Crippen MR) is 104 cm³/mol. The van der Waals surface area contributed by atoms with Crippen LogP contribution in [-0.4, -0.2) is 29.8 Å². The first kappa shape index (κ1) is 18.0. The summed E-state index contributed by atoms with van der Waals surface area (Å²) in [6.45, 7) is 1.50. The summed E-state index contributed by atoms with van der Waals surface area (Å²) >= 11 is 1.76. The van der Waals surface area contributed by atoms with Crippen molar-refractivity contribution in [2.45, 2.75) is 63.8 Å². The van der Waals surface area contributed by atoms with E-state index in [9.17, 15) is 9.59 Å². The Bertz CT molecular complexity index is 612. The second-order valence-electron chi connectivity index (χ2n) is 8.27.